The number of rotatable bonds is 3. The molecule has 15 heavy (non-hydrogen) atoms. The molecular formula is C7H5F2IN2O3. The average Bonchev–Trinajstić information content (AvgIpc) is 2.17. The Balaban J connectivity index is 3.40. The molecule has 1 aromatic heterocycles. The van der Waals surface area contributed by atoms with E-state index in [1.807, 2.05) is 0 Å². The highest BCUT2D eigenvalue weighted by atomic mass is 127. The van der Waals surface area contributed by atoms with E-state index in [9.17, 15) is 18.9 Å². The van der Waals surface area contributed by atoms with E-state index in [1.165, 1.54) is 29.7 Å². The maximum absolute atomic E-state index is 12.4. The second kappa shape index (κ2) is 4.64. The fourth-order valence-corrected chi connectivity index (χ4v) is 1.60. The summed E-state index contributed by atoms with van der Waals surface area (Å²) in [6, 6.07) is 1.01. The second-order valence-corrected chi connectivity index (χ2v) is 3.52. The fraction of sp³-hybridized carbons (Fsp3) is 0.286. The fourth-order valence-electron chi connectivity index (χ4n) is 0.894. The van der Waals surface area contributed by atoms with Gasteiger partial charge in [-0.25, -0.2) is 13.8 Å². The second-order valence-electron chi connectivity index (χ2n) is 2.44. The highest BCUT2D eigenvalue weighted by Crippen LogP contribution is 2.32. The molecule has 0 radical (unpaired) electrons. The number of alkyl halides is 2. The number of hydrogen-bond acceptors (Lipinski definition) is 4. The first-order chi connectivity index (χ1) is 6.97. The Labute approximate surface area is 96.7 Å². The SMILES string of the molecule is COc1cc([N+](=O)[O-])c(I)c(C(F)F)n1. The van der Waals surface area contributed by atoms with Gasteiger partial charge in [-0.3, -0.25) is 10.1 Å². The van der Waals surface area contributed by atoms with Gasteiger partial charge < -0.3 is 4.74 Å². The largest absolute Gasteiger partial charge is 0.481 e. The first kappa shape index (κ1) is 12.0. The van der Waals surface area contributed by atoms with Crippen LogP contribution in [0, 0.1) is 13.7 Å². The third kappa shape index (κ3) is 2.49. The summed E-state index contributed by atoms with van der Waals surface area (Å²) in [6.07, 6.45) is -2.87. The molecule has 0 atom stereocenters. The summed E-state index contributed by atoms with van der Waals surface area (Å²) in [5.74, 6) is -0.197. The quantitative estimate of drug-likeness (QED) is 0.485. The number of pyridine rings is 1. The molecule has 82 valence electrons. The molecule has 0 bridgehead atoms. The van der Waals surface area contributed by atoms with E-state index in [2.05, 4.69) is 9.72 Å². The van der Waals surface area contributed by atoms with Crippen LogP contribution in [0.25, 0.3) is 0 Å². The number of ether oxygens (including phenoxy) is 1. The first-order valence-electron chi connectivity index (χ1n) is 3.64. The molecule has 0 spiro atoms. The molecule has 0 unspecified atom stereocenters. The van der Waals surface area contributed by atoms with Crippen LogP contribution in [0.2, 0.25) is 0 Å². The summed E-state index contributed by atoms with van der Waals surface area (Å²) in [6.45, 7) is 0. The maximum Gasteiger partial charge on any atom is 0.290 e. The van der Waals surface area contributed by atoms with Crippen LogP contribution < -0.4 is 4.74 Å². The number of aromatic nitrogens is 1. The molecule has 0 saturated carbocycles. The van der Waals surface area contributed by atoms with Crippen molar-refractivity contribution in [3.8, 4) is 5.88 Å². The molecule has 0 fully saturated rings. The molecule has 0 amide bonds. The Bertz CT molecular complexity index is 400. The van der Waals surface area contributed by atoms with Crippen molar-refractivity contribution in [3.05, 3.63) is 25.4 Å². The van der Waals surface area contributed by atoms with Crippen molar-refractivity contribution in [2.24, 2.45) is 0 Å². The first-order valence-corrected chi connectivity index (χ1v) is 4.72. The standard InChI is InChI=1S/C7H5F2IN2O3/c1-15-4-2-3(12(13)14)5(10)6(11-4)7(8)9/h2,7H,1H3. The van der Waals surface area contributed by atoms with Gasteiger partial charge in [0.1, 0.15) is 9.26 Å². The smallest absolute Gasteiger partial charge is 0.290 e. The summed E-state index contributed by atoms with van der Waals surface area (Å²) in [7, 11) is 1.20. The van der Waals surface area contributed by atoms with Crippen molar-refractivity contribution in [2.75, 3.05) is 7.11 Å². The molecule has 0 aliphatic heterocycles. The predicted octanol–water partition coefficient (Wildman–Crippen LogP) is 2.54. The van der Waals surface area contributed by atoms with Gasteiger partial charge in [-0.15, -0.1) is 0 Å². The molecule has 0 saturated heterocycles. The Morgan fingerprint density at radius 3 is 2.67 bits per heavy atom. The lowest BCUT2D eigenvalue weighted by Crippen LogP contribution is -2.02. The highest BCUT2D eigenvalue weighted by molar-refractivity contribution is 14.1. The van der Waals surface area contributed by atoms with Gasteiger partial charge in [-0.2, -0.15) is 0 Å². The molecule has 1 heterocycles. The van der Waals surface area contributed by atoms with Gasteiger partial charge in [0.2, 0.25) is 5.88 Å². The lowest BCUT2D eigenvalue weighted by molar-refractivity contribution is -0.386. The maximum atomic E-state index is 12.4. The van der Waals surface area contributed by atoms with Crippen molar-refractivity contribution in [1.29, 1.82) is 0 Å². The van der Waals surface area contributed by atoms with Crippen molar-refractivity contribution in [3.63, 3.8) is 0 Å². The van der Waals surface area contributed by atoms with Crippen LogP contribution in [0.5, 0.6) is 5.88 Å². The average molecular weight is 330 g/mol. The number of methoxy groups -OCH3 is 1. The van der Waals surface area contributed by atoms with Crippen molar-refractivity contribution < 1.29 is 18.4 Å². The third-order valence-electron chi connectivity index (χ3n) is 1.55. The van der Waals surface area contributed by atoms with E-state index in [0.717, 1.165) is 6.07 Å². The van der Waals surface area contributed by atoms with Gasteiger partial charge in [0.15, 0.2) is 0 Å². The molecule has 8 heteroatoms. The Kier molecular flexibility index (Phi) is 3.72. The van der Waals surface area contributed by atoms with Crippen LogP contribution in [0.15, 0.2) is 6.07 Å². The van der Waals surface area contributed by atoms with Gasteiger partial charge in [0.05, 0.1) is 18.1 Å². The van der Waals surface area contributed by atoms with Crippen molar-refractivity contribution in [1.82, 2.24) is 4.98 Å². The Morgan fingerprint density at radius 1 is 1.67 bits per heavy atom. The monoisotopic (exact) mass is 330 g/mol. The van der Waals surface area contributed by atoms with Gasteiger partial charge in [0.25, 0.3) is 12.1 Å². The molecule has 1 aromatic rings. The summed E-state index contributed by atoms with van der Waals surface area (Å²) in [5, 5.41) is 10.5. The number of nitro groups is 1. The third-order valence-corrected chi connectivity index (χ3v) is 2.66. The molecule has 0 aliphatic rings. The number of nitrogens with zero attached hydrogens (tertiary/aromatic N) is 2. The van der Waals surface area contributed by atoms with Crippen LogP contribution in [-0.4, -0.2) is 17.0 Å². The van der Waals surface area contributed by atoms with E-state index in [0.29, 0.717) is 0 Å². The van der Waals surface area contributed by atoms with Crippen LogP contribution in [0.1, 0.15) is 12.1 Å². The molecule has 1 rings (SSSR count). The Hall–Kier alpha value is -1.06. The topological polar surface area (TPSA) is 65.3 Å². The summed E-state index contributed by atoms with van der Waals surface area (Å²) < 4.78 is 29.3. The van der Waals surface area contributed by atoms with Gasteiger partial charge in [-0.1, -0.05) is 0 Å². The highest BCUT2D eigenvalue weighted by Gasteiger charge is 2.24. The van der Waals surface area contributed by atoms with Crippen LogP contribution in [0.4, 0.5) is 14.5 Å². The predicted molar refractivity (Wildman–Crippen MR) is 55.1 cm³/mol. The summed E-state index contributed by atoms with van der Waals surface area (Å²) >= 11 is 1.46. The molecule has 5 nitrogen and oxygen atoms in total. The summed E-state index contributed by atoms with van der Waals surface area (Å²) in [5.41, 5.74) is -1.07. The lowest BCUT2D eigenvalue weighted by atomic mass is 10.3. The van der Waals surface area contributed by atoms with Crippen molar-refractivity contribution in [2.45, 2.75) is 6.43 Å². The Morgan fingerprint density at radius 2 is 2.27 bits per heavy atom. The zero-order valence-corrected chi connectivity index (χ0v) is 9.57. The van der Waals surface area contributed by atoms with Crippen LogP contribution in [0.3, 0.4) is 0 Å². The van der Waals surface area contributed by atoms with E-state index in [4.69, 9.17) is 0 Å². The molecular weight excluding hydrogens is 325 g/mol. The van der Waals surface area contributed by atoms with E-state index in [-0.39, 0.29) is 9.45 Å². The van der Waals surface area contributed by atoms with Gasteiger partial charge >= 0.3 is 0 Å². The molecule has 0 aliphatic carbocycles. The van der Waals surface area contributed by atoms with E-state index >= 15 is 0 Å². The zero-order valence-electron chi connectivity index (χ0n) is 7.41. The normalized spacial score (nSPS) is 10.5. The van der Waals surface area contributed by atoms with Gasteiger partial charge in [0, 0.05) is 0 Å². The zero-order chi connectivity index (χ0) is 11.6. The van der Waals surface area contributed by atoms with Crippen molar-refractivity contribution >= 4 is 28.3 Å². The van der Waals surface area contributed by atoms with E-state index in [1.54, 1.807) is 0 Å². The van der Waals surface area contributed by atoms with Gasteiger partial charge in [-0.05, 0) is 22.6 Å². The molecule has 0 aromatic carbocycles. The molecule has 0 N–H and O–H groups in total. The number of halogens is 3. The summed E-state index contributed by atoms with van der Waals surface area (Å²) in [4.78, 5) is 13.2. The lowest BCUT2D eigenvalue weighted by Gasteiger charge is -2.05. The van der Waals surface area contributed by atoms with E-state index < -0.39 is 22.7 Å². The minimum Gasteiger partial charge on any atom is -0.481 e. The minimum absolute atomic E-state index is 0.173. The van der Waals surface area contributed by atoms with Crippen LogP contribution in [-0.2, 0) is 0 Å². The minimum atomic E-state index is -2.87. The van der Waals surface area contributed by atoms with Crippen LogP contribution >= 0.6 is 22.6 Å². The number of hydrogen-bond donors (Lipinski definition) is 0.